The van der Waals surface area contributed by atoms with Gasteiger partial charge in [0.15, 0.2) is 0 Å². The number of aliphatic hydroxyl groups excluding tert-OH is 1. The van der Waals surface area contributed by atoms with Crippen LogP contribution >= 0.6 is 0 Å². The van der Waals surface area contributed by atoms with Gasteiger partial charge in [-0.15, -0.1) is 0 Å². The fourth-order valence-electron chi connectivity index (χ4n) is 2.63. The van der Waals surface area contributed by atoms with E-state index in [0.717, 1.165) is 36.0 Å². The number of aliphatic hydroxyl groups is 1. The number of rotatable bonds is 3. The fraction of sp³-hybridized carbons (Fsp3) is 0.556. The van der Waals surface area contributed by atoms with Gasteiger partial charge in [0.1, 0.15) is 5.75 Å². The lowest BCUT2D eigenvalue weighted by molar-refractivity contribution is 0.101. The summed E-state index contributed by atoms with van der Waals surface area (Å²) in [5.41, 5.74) is 0.969. The Morgan fingerprint density at radius 1 is 1.15 bits per heavy atom. The SMILES string of the molecule is CC1CCC(Oc2ccc(C#CCCO)cc2)CC1C. The highest BCUT2D eigenvalue weighted by molar-refractivity contribution is 5.38. The van der Waals surface area contributed by atoms with E-state index < -0.39 is 0 Å². The van der Waals surface area contributed by atoms with Crippen LogP contribution in [-0.4, -0.2) is 17.8 Å². The minimum Gasteiger partial charge on any atom is -0.490 e. The van der Waals surface area contributed by atoms with Crippen LogP contribution in [0.2, 0.25) is 0 Å². The summed E-state index contributed by atoms with van der Waals surface area (Å²) in [5, 5.41) is 8.69. The van der Waals surface area contributed by atoms with Gasteiger partial charge in [-0.3, -0.25) is 0 Å². The van der Waals surface area contributed by atoms with E-state index >= 15 is 0 Å². The lowest BCUT2D eigenvalue weighted by Gasteiger charge is -2.32. The summed E-state index contributed by atoms with van der Waals surface area (Å²) in [5.74, 6) is 8.45. The van der Waals surface area contributed by atoms with Gasteiger partial charge >= 0.3 is 0 Å². The maximum atomic E-state index is 8.69. The Balaban J connectivity index is 1.89. The smallest absolute Gasteiger partial charge is 0.119 e. The van der Waals surface area contributed by atoms with Gasteiger partial charge < -0.3 is 9.84 Å². The Kier molecular flexibility index (Phi) is 5.49. The third-order valence-electron chi connectivity index (χ3n) is 4.18. The fourth-order valence-corrected chi connectivity index (χ4v) is 2.63. The Morgan fingerprint density at radius 3 is 2.55 bits per heavy atom. The highest BCUT2D eigenvalue weighted by Gasteiger charge is 2.25. The number of benzene rings is 1. The van der Waals surface area contributed by atoms with E-state index in [1.807, 2.05) is 24.3 Å². The molecule has 2 rings (SSSR count). The van der Waals surface area contributed by atoms with Crippen LogP contribution in [0.3, 0.4) is 0 Å². The Morgan fingerprint density at radius 2 is 1.90 bits per heavy atom. The van der Waals surface area contributed by atoms with Crippen LogP contribution in [-0.2, 0) is 0 Å². The van der Waals surface area contributed by atoms with Gasteiger partial charge in [0, 0.05) is 12.0 Å². The van der Waals surface area contributed by atoms with Crippen LogP contribution in [0.25, 0.3) is 0 Å². The molecule has 0 radical (unpaired) electrons. The molecule has 1 fully saturated rings. The molecule has 2 nitrogen and oxygen atoms in total. The topological polar surface area (TPSA) is 29.5 Å². The first-order valence-electron chi connectivity index (χ1n) is 7.55. The molecule has 0 spiro atoms. The standard InChI is InChI=1S/C18H24O2/c1-14-6-9-18(13-15(14)2)20-17-10-7-16(8-11-17)5-3-4-12-19/h7-8,10-11,14-15,18-19H,4,6,9,12-13H2,1-2H3. The van der Waals surface area contributed by atoms with Crippen LogP contribution in [0.15, 0.2) is 24.3 Å². The lowest BCUT2D eigenvalue weighted by atomic mass is 9.80. The Bertz CT molecular complexity index is 466. The molecule has 1 saturated carbocycles. The second-order valence-electron chi connectivity index (χ2n) is 5.81. The van der Waals surface area contributed by atoms with Crippen LogP contribution in [0, 0.1) is 23.7 Å². The molecule has 1 N–H and O–H groups in total. The Hall–Kier alpha value is -1.46. The minimum absolute atomic E-state index is 0.118. The molecular formula is C18H24O2. The van der Waals surface area contributed by atoms with Crippen molar-refractivity contribution in [2.24, 2.45) is 11.8 Å². The van der Waals surface area contributed by atoms with Crippen molar-refractivity contribution in [1.82, 2.24) is 0 Å². The van der Waals surface area contributed by atoms with Crippen molar-refractivity contribution in [3.05, 3.63) is 29.8 Å². The molecular weight excluding hydrogens is 248 g/mol. The first kappa shape index (κ1) is 14.9. The van der Waals surface area contributed by atoms with E-state index in [1.54, 1.807) is 0 Å². The maximum Gasteiger partial charge on any atom is 0.119 e. The molecule has 0 aromatic heterocycles. The zero-order chi connectivity index (χ0) is 14.4. The van der Waals surface area contributed by atoms with Crippen molar-refractivity contribution in [1.29, 1.82) is 0 Å². The van der Waals surface area contributed by atoms with E-state index in [1.165, 1.54) is 6.42 Å². The lowest BCUT2D eigenvalue weighted by Crippen LogP contribution is -2.28. The van der Waals surface area contributed by atoms with Crippen molar-refractivity contribution < 1.29 is 9.84 Å². The van der Waals surface area contributed by atoms with Gasteiger partial charge in [-0.2, -0.15) is 0 Å². The maximum absolute atomic E-state index is 8.69. The first-order chi connectivity index (χ1) is 9.69. The summed E-state index contributed by atoms with van der Waals surface area (Å²) in [6, 6.07) is 7.94. The normalized spacial score (nSPS) is 25.6. The van der Waals surface area contributed by atoms with E-state index in [2.05, 4.69) is 25.7 Å². The van der Waals surface area contributed by atoms with Crippen LogP contribution in [0.1, 0.15) is 45.1 Å². The van der Waals surface area contributed by atoms with E-state index in [-0.39, 0.29) is 6.61 Å². The molecule has 0 bridgehead atoms. The predicted octanol–water partition coefficient (Wildman–Crippen LogP) is 3.62. The summed E-state index contributed by atoms with van der Waals surface area (Å²) < 4.78 is 6.07. The summed E-state index contributed by atoms with van der Waals surface area (Å²) in [4.78, 5) is 0. The van der Waals surface area contributed by atoms with Gasteiger partial charge in [-0.1, -0.05) is 25.7 Å². The second-order valence-corrected chi connectivity index (χ2v) is 5.81. The molecule has 1 aromatic carbocycles. The van der Waals surface area contributed by atoms with Gasteiger partial charge in [0.05, 0.1) is 12.7 Å². The number of hydrogen-bond acceptors (Lipinski definition) is 2. The number of ether oxygens (including phenoxy) is 1. The van der Waals surface area contributed by atoms with Gasteiger partial charge in [0.25, 0.3) is 0 Å². The van der Waals surface area contributed by atoms with Crippen LogP contribution in [0.5, 0.6) is 5.75 Å². The number of hydrogen-bond donors (Lipinski definition) is 1. The first-order valence-corrected chi connectivity index (χ1v) is 7.55. The summed E-state index contributed by atoms with van der Waals surface area (Å²) in [6.07, 6.45) is 4.45. The summed E-state index contributed by atoms with van der Waals surface area (Å²) in [6.45, 7) is 4.77. The molecule has 20 heavy (non-hydrogen) atoms. The quantitative estimate of drug-likeness (QED) is 0.852. The third-order valence-corrected chi connectivity index (χ3v) is 4.18. The van der Waals surface area contributed by atoms with Gasteiger partial charge in [0.2, 0.25) is 0 Å². The van der Waals surface area contributed by atoms with Crippen molar-refractivity contribution in [3.8, 4) is 17.6 Å². The van der Waals surface area contributed by atoms with Crippen molar-refractivity contribution >= 4 is 0 Å². The molecule has 1 aliphatic carbocycles. The average molecular weight is 272 g/mol. The Labute approximate surface area is 122 Å². The summed E-state index contributed by atoms with van der Waals surface area (Å²) >= 11 is 0. The monoisotopic (exact) mass is 272 g/mol. The van der Waals surface area contributed by atoms with E-state index in [4.69, 9.17) is 9.84 Å². The van der Waals surface area contributed by atoms with Crippen LogP contribution < -0.4 is 4.74 Å². The predicted molar refractivity (Wildman–Crippen MR) is 81.6 cm³/mol. The zero-order valence-electron chi connectivity index (χ0n) is 12.4. The van der Waals surface area contributed by atoms with Gasteiger partial charge in [-0.25, -0.2) is 0 Å². The largest absolute Gasteiger partial charge is 0.490 e. The highest BCUT2D eigenvalue weighted by Crippen LogP contribution is 2.31. The average Bonchev–Trinajstić information content (AvgIpc) is 2.45. The molecule has 108 valence electrons. The molecule has 0 saturated heterocycles. The van der Waals surface area contributed by atoms with Crippen LogP contribution in [0.4, 0.5) is 0 Å². The second kappa shape index (κ2) is 7.36. The molecule has 3 atom stereocenters. The third kappa shape index (κ3) is 4.28. The molecule has 1 aromatic rings. The molecule has 0 heterocycles. The molecule has 2 heteroatoms. The minimum atomic E-state index is 0.118. The molecule has 1 aliphatic rings. The highest BCUT2D eigenvalue weighted by atomic mass is 16.5. The van der Waals surface area contributed by atoms with E-state index in [9.17, 15) is 0 Å². The zero-order valence-corrected chi connectivity index (χ0v) is 12.4. The molecule has 3 unspecified atom stereocenters. The molecule has 0 amide bonds. The van der Waals surface area contributed by atoms with Crippen molar-refractivity contribution in [2.75, 3.05) is 6.61 Å². The van der Waals surface area contributed by atoms with Crippen molar-refractivity contribution in [3.63, 3.8) is 0 Å². The van der Waals surface area contributed by atoms with Crippen molar-refractivity contribution in [2.45, 2.75) is 45.6 Å². The van der Waals surface area contributed by atoms with Gasteiger partial charge in [-0.05, 0) is 55.4 Å². The summed E-state index contributed by atoms with van der Waals surface area (Å²) in [7, 11) is 0. The van der Waals surface area contributed by atoms with E-state index in [0.29, 0.717) is 12.5 Å². The molecule has 0 aliphatic heterocycles.